The maximum absolute atomic E-state index is 11.1. The van der Waals surface area contributed by atoms with Gasteiger partial charge in [0.05, 0.1) is 6.42 Å². The first-order valence-electron chi connectivity index (χ1n) is 8.95. The highest BCUT2D eigenvalue weighted by molar-refractivity contribution is 8.00. The number of aliphatic carboxylic acids is 1. The molecule has 4 nitrogen and oxygen atoms in total. The Kier molecular flexibility index (Phi) is 7.62. The first-order chi connectivity index (χ1) is 12.7. The average Bonchev–Trinajstić information content (AvgIpc) is 2.59. The van der Waals surface area contributed by atoms with E-state index in [1.165, 1.54) is 0 Å². The molecule has 2 rings (SSSR count). The van der Waals surface area contributed by atoms with Crippen molar-refractivity contribution in [3.63, 3.8) is 0 Å². The molecule has 1 aliphatic heterocycles. The summed E-state index contributed by atoms with van der Waals surface area (Å²) in [7, 11) is 0. The van der Waals surface area contributed by atoms with Crippen molar-refractivity contribution in [2.75, 3.05) is 5.75 Å². The van der Waals surface area contributed by atoms with Crippen LogP contribution in [-0.4, -0.2) is 28.6 Å². The topological polar surface area (TPSA) is 58.9 Å². The zero-order valence-electron chi connectivity index (χ0n) is 16.3. The average molecular weight is 406 g/mol. The number of thioether (sulfide) groups is 1. The zero-order chi connectivity index (χ0) is 20.0. The van der Waals surface area contributed by atoms with E-state index < -0.39 is 11.6 Å². The van der Waals surface area contributed by atoms with E-state index in [2.05, 4.69) is 29.8 Å². The number of carboxylic acid groups (broad SMARTS) is 1. The molecule has 0 saturated carbocycles. The number of benzene rings is 1. The molecule has 1 aliphatic rings. The van der Waals surface area contributed by atoms with Crippen molar-refractivity contribution in [3.05, 3.63) is 46.0 Å². The molecule has 0 bridgehead atoms. The Morgan fingerprint density at radius 1 is 1.48 bits per heavy atom. The number of aliphatic imine (C=N–C) groups is 1. The summed E-state index contributed by atoms with van der Waals surface area (Å²) in [5.74, 6) is 0.757. The molecule has 1 atom stereocenters. The van der Waals surface area contributed by atoms with Gasteiger partial charge in [0.2, 0.25) is 0 Å². The number of hydrogen-bond donors (Lipinski definition) is 2. The fraction of sp³-hybridized carbons (Fsp3) is 0.429. The Hall–Kier alpha value is -1.66. The standard InChI is InChI=1S/C21H27NO3S2/c1-5-6-9-22-15(3)18(26)13-27-17-10-14(2)20-16(11-17)7-8-21(4,25-20)12-19(23)24/h5-6,9-11,26H,7-8,12-13H2,1-4H3,(H,23,24)/b6-5+,18-15-,22-9+. The fourth-order valence-corrected chi connectivity index (χ4v) is 4.19. The molecular formula is C21H27NO3S2. The van der Waals surface area contributed by atoms with Gasteiger partial charge in [0.25, 0.3) is 0 Å². The summed E-state index contributed by atoms with van der Waals surface area (Å²) in [5.41, 5.74) is 2.46. The molecule has 0 aromatic heterocycles. The van der Waals surface area contributed by atoms with Crippen LogP contribution in [0.15, 0.2) is 44.8 Å². The van der Waals surface area contributed by atoms with Crippen LogP contribution in [0.1, 0.15) is 44.7 Å². The molecule has 0 fully saturated rings. The molecule has 6 heteroatoms. The molecule has 1 aromatic rings. The first-order valence-corrected chi connectivity index (χ1v) is 10.4. The molecule has 1 N–H and O–H groups in total. The van der Waals surface area contributed by atoms with Crippen LogP contribution < -0.4 is 4.74 Å². The van der Waals surface area contributed by atoms with Crippen LogP contribution in [0.4, 0.5) is 0 Å². The SMILES string of the molecule is C/C=C/C=N/C(C)=C(\S)CSc1cc(C)c2c(c1)CCC(C)(CC(=O)O)O2. The first kappa shape index (κ1) is 21.6. The molecule has 1 aromatic carbocycles. The van der Waals surface area contributed by atoms with Gasteiger partial charge in [-0.15, -0.1) is 24.4 Å². The lowest BCUT2D eigenvalue weighted by Crippen LogP contribution is -2.38. The minimum atomic E-state index is -0.827. The normalized spacial score (nSPS) is 20.5. The van der Waals surface area contributed by atoms with Gasteiger partial charge in [0.15, 0.2) is 0 Å². The largest absolute Gasteiger partial charge is 0.486 e. The number of rotatable bonds is 7. The lowest BCUT2D eigenvalue weighted by molar-refractivity contribution is -0.141. The van der Waals surface area contributed by atoms with E-state index in [1.807, 2.05) is 39.8 Å². The Morgan fingerprint density at radius 3 is 2.89 bits per heavy atom. The van der Waals surface area contributed by atoms with Gasteiger partial charge in [-0.3, -0.25) is 9.79 Å². The van der Waals surface area contributed by atoms with Crippen molar-refractivity contribution < 1.29 is 14.6 Å². The van der Waals surface area contributed by atoms with Gasteiger partial charge in [-0.2, -0.15) is 0 Å². The number of carbonyl (C=O) groups is 1. The third-order valence-corrected chi connectivity index (χ3v) is 6.16. The van der Waals surface area contributed by atoms with Gasteiger partial charge < -0.3 is 9.84 Å². The summed E-state index contributed by atoms with van der Waals surface area (Å²) >= 11 is 6.29. The van der Waals surface area contributed by atoms with Crippen LogP contribution in [-0.2, 0) is 11.2 Å². The Labute approximate surface area is 171 Å². The predicted molar refractivity (Wildman–Crippen MR) is 117 cm³/mol. The van der Waals surface area contributed by atoms with Crippen LogP contribution in [0.2, 0.25) is 0 Å². The second kappa shape index (κ2) is 9.51. The molecule has 0 aliphatic carbocycles. The smallest absolute Gasteiger partial charge is 0.307 e. The van der Waals surface area contributed by atoms with Crippen molar-refractivity contribution in [3.8, 4) is 5.75 Å². The number of thiol groups is 1. The number of fused-ring (bicyclic) bond motifs is 1. The van der Waals surface area contributed by atoms with Crippen molar-refractivity contribution in [1.82, 2.24) is 0 Å². The van der Waals surface area contributed by atoms with Crippen LogP contribution >= 0.6 is 24.4 Å². The lowest BCUT2D eigenvalue weighted by atomic mass is 9.89. The molecule has 27 heavy (non-hydrogen) atoms. The maximum Gasteiger partial charge on any atom is 0.307 e. The third-order valence-electron chi connectivity index (χ3n) is 4.46. The van der Waals surface area contributed by atoms with Crippen LogP contribution in [0.3, 0.4) is 0 Å². The number of nitrogens with zero attached hydrogens (tertiary/aromatic N) is 1. The van der Waals surface area contributed by atoms with Crippen molar-refractivity contribution >= 4 is 36.6 Å². The van der Waals surface area contributed by atoms with Crippen molar-refractivity contribution in [1.29, 1.82) is 0 Å². The van der Waals surface area contributed by atoms with Crippen LogP contribution in [0.5, 0.6) is 5.75 Å². The van der Waals surface area contributed by atoms with E-state index in [1.54, 1.807) is 18.0 Å². The number of ether oxygens (including phenoxy) is 1. The zero-order valence-corrected chi connectivity index (χ0v) is 18.0. The van der Waals surface area contributed by atoms with Gasteiger partial charge in [-0.25, -0.2) is 0 Å². The van der Waals surface area contributed by atoms with Crippen LogP contribution in [0, 0.1) is 6.92 Å². The fourth-order valence-electron chi connectivity index (χ4n) is 2.94. The summed E-state index contributed by atoms with van der Waals surface area (Å²) in [6, 6.07) is 4.24. The molecule has 1 unspecified atom stereocenters. The van der Waals surface area contributed by atoms with Gasteiger partial charge >= 0.3 is 5.97 Å². The summed E-state index contributed by atoms with van der Waals surface area (Å²) in [5, 5.41) is 9.12. The van der Waals surface area contributed by atoms with E-state index in [-0.39, 0.29) is 6.42 Å². The van der Waals surface area contributed by atoms with Crippen molar-refractivity contribution in [2.24, 2.45) is 4.99 Å². The summed E-state index contributed by atoms with van der Waals surface area (Å²) in [6.45, 7) is 7.80. The summed E-state index contributed by atoms with van der Waals surface area (Å²) < 4.78 is 6.09. The minimum absolute atomic E-state index is 0.0171. The maximum atomic E-state index is 11.1. The van der Waals surface area contributed by atoms with Crippen LogP contribution in [0.25, 0.3) is 0 Å². The summed E-state index contributed by atoms with van der Waals surface area (Å²) in [4.78, 5) is 17.6. The molecule has 0 spiro atoms. The van der Waals surface area contributed by atoms with Gasteiger partial charge in [-0.05, 0) is 69.9 Å². The molecule has 146 valence electrons. The third kappa shape index (κ3) is 6.18. The second-order valence-corrected chi connectivity index (χ2v) is 8.56. The van der Waals surface area contributed by atoms with E-state index in [0.717, 1.165) is 44.5 Å². The van der Waals surface area contributed by atoms with E-state index >= 15 is 0 Å². The molecule has 0 saturated heterocycles. The summed E-state index contributed by atoms with van der Waals surface area (Å²) in [6.07, 6.45) is 7.14. The molecule has 1 heterocycles. The number of carboxylic acids is 1. The highest BCUT2D eigenvalue weighted by Gasteiger charge is 2.34. The minimum Gasteiger partial charge on any atom is -0.486 e. The Bertz CT molecular complexity index is 799. The number of aryl methyl sites for hydroxylation is 2. The molecular weight excluding hydrogens is 378 g/mol. The second-order valence-electron chi connectivity index (χ2n) is 6.98. The number of allylic oxidation sites excluding steroid dienone is 3. The van der Waals surface area contributed by atoms with E-state index in [0.29, 0.717) is 6.42 Å². The molecule has 0 radical (unpaired) electrons. The monoisotopic (exact) mass is 405 g/mol. The Balaban J connectivity index is 2.11. The van der Waals surface area contributed by atoms with Gasteiger partial charge in [0, 0.05) is 27.5 Å². The highest BCUT2D eigenvalue weighted by Crippen LogP contribution is 2.40. The quantitative estimate of drug-likeness (QED) is 0.360. The van der Waals surface area contributed by atoms with Gasteiger partial charge in [0.1, 0.15) is 11.4 Å². The Morgan fingerprint density at radius 2 is 2.22 bits per heavy atom. The molecule has 0 amide bonds. The van der Waals surface area contributed by atoms with E-state index in [9.17, 15) is 4.79 Å². The number of hydrogen-bond acceptors (Lipinski definition) is 5. The highest BCUT2D eigenvalue weighted by atomic mass is 32.2. The lowest BCUT2D eigenvalue weighted by Gasteiger charge is -2.35. The van der Waals surface area contributed by atoms with Gasteiger partial charge in [-0.1, -0.05) is 6.08 Å². The van der Waals surface area contributed by atoms with E-state index in [4.69, 9.17) is 9.84 Å². The van der Waals surface area contributed by atoms with Crippen molar-refractivity contribution in [2.45, 2.75) is 57.5 Å². The predicted octanol–water partition coefficient (Wildman–Crippen LogP) is 5.45.